The van der Waals surface area contributed by atoms with Gasteiger partial charge in [-0.15, -0.1) is 0 Å². The molecule has 0 saturated heterocycles. The van der Waals surface area contributed by atoms with E-state index in [9.17, 15) is 0 Å². The van der Waals surface area contributed by atoms with Gasteiger partial charge in [0.05, 0.1) is 0 Å². The lowest BCUT2D eigenvalue weighted by atomic mass is 9.92. The van der Waals surface area contributed by atoms with Crippen LogP contribution in [0.25, 0.3) is 0 Å². The largest absolute Gasteiger partial charge is 0.311 e. The maximum Gasteiger partial charge on any atom is 0.00927 e. The topological polar surface area (TPSA) is 12.0 Å². The molecule has 0 aromatic carbocycles. The van der Waals surface area contributed by atoms with Crippen LogP contribution in [0.15, 0.2) is 0 Å². The van der Waals surface area contributed by atoms with E-state index in [1.807, 2.05) is 0 Å². The van der Waals surface area contributed by atoms with Crippen LogP contribution in [-0.2, 0) is 0 Å². The highest BCUT2D eigenvalue weighted by atomic mass is 15.0. The molecule has 0 bridgehead atoms. The molecule has 2 unspecified atom stereocenters. The van der Waals surface area contributed by atoms with E-state index in [0.717, 1.165) is 11.8 Å². The van der Waals surface area contributed by atoms with Crippen molar-refractivity contribution < 1.29 is 0 Å². The first-order valence-electron chi connectivity index (χ1n) is 7.78. The van der Waals surface area contributed by atoms with Crippen LogP contribution in [0, 0.1) is 11.8 Å². The summed E-state index contributed by atoms with van der Waals surface area (Å²) in [6, 6.07) is 1.42. The summed E-state index contributed by atoms with van der Waals surface area (Å²) in [6.45, 7) is 14.0. The average Bonchev–Trinajstić information content (AvgIpc) is 2.27. The predicted molar refractivity (Wildman–Crippen MR) is 79.4 cm³/mol. The average molecular weight is 241 g/mol. The molecule has 0 aliphatic rings. The quantitative estimate of drug-likeness (QED) is 0.567. The predicted octanol–water partition coefficient (Wildman–Crippen LogP) is 5.01. The first-order chi connectivity index (χ1) is 8.02. The van der Waals surface area contributed by atoms with Gasteiger partial charge in [-0.25, -0.2) is 0 Å². The zero-order valence-corrected chi connectivity index (χ0v) is 13.1. The molecule has 104 valence electrons. The summed E-state index contributed by atoms with van der Waals surface area (Å²) in [5.74, 6) is 1.51. The van der Waals surface area contributed by atoms with Crippen LogP contribution in [0.1, 0.15) is 80.1 Å². The highest BCUT2D eigenvalue weighted by Crippen LogP contribution is 2.16. The molecule has 0 saturated carbocycles. The second-order valence-electron chi connectivity index (χ2n) is 6.15. The summed E-state index contributed by atoms with van der Waals surface area (Å²) in [4.78, 5) is 0. The second kappa shape index (κ2) is 9.94. The molecule has 1 heteroatoms. The number of hydrogen-bond donors (Lipinski definition) is 1. The molecule has 0 radical (unpaired) electrons. The Bertz CT molecular complexity index is 145. The molecule has 1 nitrogen and oxygen atoms in total. The summed E-state index contributed by atoms with van der Waals surface area (Å²) in [5, 5.41) is 3.92. The zero-order valence-electron chi connectivity index (χ0n) is 13.1. The Morgan fingerprint density at radius 1 is 0.706 bits per heavy atom. The van der Waals surface area contributed by atoms with Gasteiger partial charge in [0.2, 0.25) is 0 Å². The summed E-state index contributed by atoms with van der Waals surface area (Å²) in [6.07, 6.45) is 8.01. The molecule has 17 heavy (non-hydrogen) atoms. The molecule has 0 aromatic heterocycles. The van der Waals surface area contributed by atoms with E-state index in [2.05, 4.69) is 46.9 Å². The summed E-state index contributed by atoms with van der Waals surface area (Å²) < 4.78 is 0. The minimum atomic E-state index is 0.708. The fourth-order valence-electron chi connectivity index (χ4n) is 2.34. The molecule has 0 rings (SSSR count). The maximum atomic E-state index is 3.92. The van der Waals surface area contributed by atoms with Crippen LogP contribution in [0.4, 0.5) is 0 Å². The summed E-state index contributed by atoms with van der Waals surface area (Å²) in [7, 11) is 0. The molecular weight excluding hydrogens is 206 g/mol. The fraction of sp³-hybridized carbons (Fsp3) is 1.00. The minimum Gasteiger partial charge on any atom is -0.311 e. The van der Waals surface area contributed by atoms with E-state index >= 15 is 0 Å². The Morgan fingerprint density at radius 3 is 1.29 bits per heavy atom. The van der Waals surface area contributed by atoms with Crippen molar-refractivity contribution in [1.29, 1.82) is 0 Å². The van der Waals surface area contributed by atoms with E-state index in [0.29, 0.717) is 12.1 Å². The van der Waals surface area contributed by atoms with Gasteiger partial charge in [-0.3, -0.25) is 0 Å². The lowest BCUT2D eigenvalue weighted by Gasteiger charge is -2.31. The first kappa shape index (κ1) is 17.0. The monoisotopic (exact) mass is 241 g/mol. The lowest BCUT2D eigenvalue weighted by molar-refractivity contribution is 0.274. The Hall–Kier alpha value is -0.0400. The van der Waals surface area contributed by atoms with Gasteiger partial charge in [-0.2, -0.15) is 0 Å². The number of hydrogen-bond acceptors (Lipinski definition) is 1. The van der Waals surface area contributed by atoms with E-state index in [1.54, 1.807) is 0 Å². The van der Waals surface area contributed by atoms with Crippen LogP contribution in [0.5, 0.6) is 0 Å². The van der Waals surface area contributed by atoms with Crippen LogP contribution < -0.4 is 5.32 Å². The molecule has 0 amide bonds. The third-order valence-electron chi connectivity index (χ3n) is 3.77. The fourth-order valence-corrected chi connectivity index (χ4v) is 2.34. The molecule has 0 aromatic rings. The molecule has 0 fully saturated rings. The van der Waals surface area contributed by atoms with E-state index in [-0.39, 0.29) is 0 Å². The van der Waals surface area contributed by atoms with Gasteiger partial charge in [0.15, 0.2) is 0 Å². The highest BCUT2D eigenvalue weighted by molar-refractivity contribution is 4.78. The number of nitrogens with one attached hydrogen (secondary N) is 1. The van der Waals surface area contributed by atoms with Crippen molar-refractivity contribution in [3.05, 3.63) is 0 Å². The van der Waals surface area contributed by atoms with E-state index in [4.69, 9.17) is 0 Å². The Kier molecular flexibility index (Phi) is 9.91. The van der Waals surface area contributed by atoms with Crippen LogP contribution in [-0.4, -0.2) is 12.1 Å². The number of unbranched alkanes of at least 4 members (excludes halogenated alkanes) is 2. The number of rotatable bonds is 10. The molecule has 0 aliphatic heterocycles. The maximum absolute atomic E-state index is 3.92. The molecule has 0 heterocycles. The Balaban J connectivity index is 4.23. The minimum absolute atomic E-state index is 0.708. The van der Waals surface area contributed by atoms with Crippen molar-refractivity contribution in [2.24, 2.45) is 11.8 Å². The third-order valence-corrected chi connectivity index (χ3v) is 3.77. The molecule has 0 aliphatic carbocycles. The van der Waals surface area contributed by atoms with Gasteiger partial charge in [0.25, 0.3) is 0 Å². The lowest BCUT2D eigenvalue weighted by Crippen LogP contribution is -2.44. The molecular formula is C16H35N. The van der Waals surface area contributed by atoms with Gasteiger partial charge in [0.1, 0.15) is 0 Å². The summed E-state index contributed by atoms with van der Waals surface area (Å²) >= 11 is 0. The van der Waals surface area contributed by atoms with Crippen LogP contribution in [0.3, 0.4) is 0 Å². The van der Waals surface area contributed by atoms with Crippen molar-refractivity contribution in [2.45, 2.75) is 92.2 Å². The normalized spacial score (nSPS) is 15.5. The van der Waals surface area contributed by atoms with E-state index in [1.165, 1.54) is 38.5 Å². The van der Waals surface area contributed by atoms with Gasteiger partial charge in [0, 0.05) is 12.1 Å². The van der Waals surface area contributed by atoms with E-state index < -0.39 is 0 Å². The van der Waals surface area contributed by atoms with Crippen molar-refractivity contribution in [1.82, 2.24) is 5.32 Å². The standard InChI is InChI=1S/C16H35N/c1-7-9-11-15(13(3)4)17-16(14(5)6)12-10-8-2/h13-17H,7-12H2,1-6H3. The van der Waals surface area contributed by atoms with Gasteiger partial charge in [-0.05, 0) is 24.7 Å². The highest BCUT2D eigenvalue weighted by Gasteiger charge is 2.19. The van der Waals surface area contributed by atoms with Gasteiger partial charge >= 0.3 is 0 Å². The second-order valence-corrected chi connectivity index (χ2v) is 6.15. The third kappa shape index (κ3) is 7.81. The van der Waals surface area contributed by atoms with Crippen molar-refractivity contribution in [3.63, 3.8) is 0 Å². The van der Waals surface area contributed by atoms with Crippen molar-refractivity contribution in [2.75, 3.05) is 0 Å². The van der Waals surface area contributed by atoms with Gasteiger partial charge in [-0.1, -0.05) is 67.2 Å². The SMILES string of the molecule is CCCCC(NC(CCCC)C(C)C)C(C)C. The smallest absolute Gasteiger partial charge is 0.00927 e. The van der Waals surface area contributed by atoms with Crippen molar-refractivity contribution in [3.8, 4) is 0 Å². The van der Waals surface area contributed by atoms with Crippen molar-refractivity contribution >= 4 is 0 Å². The molecule has 1 N–H and O–H groups in total. The zero-order chi connectivity index (χ0) is 13.3. The molecule has 0 spiro atoms. The van der Waals surface area contributed by atoms with Crippen LogP contribution in [0.2, 0.25) is 0 Å². The Morgan fingerprint density at radius 2 is 1.06 bits per heavy atom. The van der Waals surface area contributed by atoms with Gasteiger partial charge < -0.3 is 5.32 Å². The molecule has 2 atom stereocenters. The first-order valence-corrected chi connectivity index (χ1v) is 7.78. The summed E-state index contributed by atoms with van der Waals surface area (Å²) in [5.41, 5.74) is 0. The Labute approximate surface area is 110 Å². The van der Waals surface area contributed by atoms with Crippen LogP contribution >= 0.6 is 0 Å².